The molecule has 2 N–H and O–H groups in total. The Morgan fingerprint density at radius 3 is 2.10 bits per heavy atom. The van der Waals surface area contributed by atoms with Crippen LogP contribution < -0.4 is 5.73 Å². The highest BCUT2D eigenvalue weighted by Crippen LogP contribution is 2.24. The third kappa shape index (κ3) is 3.82. The van der Waals surface area contributed by atoms with Crippen molar-refractivity contribution in [2.24, 2.45) is 5.73 Å². The molecule has 0 aliphatic rings. The van der Waals surface area contributed by atoms with Gasteiger partial charge in [-0.2, -0.15) is 0 Å². The van der Waals surface area contributed by atoms with Crippen LogP contribution in [0, 0.1) is 0 Å². The smallest absolute Gasteiger partial charge is 0.175 e. The fourth-order valence-corrected chi connectivity index (χ4v) is 2.57. The first-order valence-electron chi connectivity index (χ1n) is 6.04. The van der Waals surface area contributed by atoms with E-state index in [1.165, 1.54) is 6.26 Å². The largest absolute Gasteiger partial charge is 0.324 e. The van der Waals surface area contributed by atoms with Crippen LogP contribution in [0.15, 0.2) is 53.4 Å². The lowest BCUT2D eigenvalue weighted by atomic mass is 10.0. The summed E-state index contributed by atoms with van der Waals surface area (Å²) in [7, 11) is -3.18. The van der Waals surface area contributed by atoms with Gasteiger partial charge in [-0.05, 0) is 41.8 Å². The molecule has 0 amide bonds. The van der Waals surface area contributed by atoms with Crippen LogP contribution in [0.3, 0.4) is 0 Å². The summed E-state index contributed by atoms with van der Waals surface area (Å²) < 4.78 is 23.1. The summed E-state index contributed by atoms with van der Waals surface area (Å²) in [4.78, 5) is 0.330. The molecule has 0 aromatic heterocycles. The van der Waals surface area contributed by atoms with Gasteiger partial charge in [0.1, 0.15) is 0 Å². The lowest BCUT2D eigenvalue weighted by Crippen LogP contribution is -2.04. The predicted octanol–water partition coefficient (Wildman–Crippen LogP) is 3.20. The predicted molar refractivity (Wildman–Crippen MR) is 84.8 cm³/mol. The highest BCUT2D eigenvalue weighted by molar-refractivity contribution is 7.90. The van der Waals surface area contributed by atoms with E-state index in [0.717, 1.165) is 16.7 Å². The first kappa shape index (κ1) is 16.7. The van der Waals surface area contributed by atoms with Crippen molar-refractivity contribution in [2.45, 2.75) is 17.9 Å². The van der Waals surface area contributed by atoms with Crippen LogP contribution in [0.2, 0.25) is 0 Å². The third-order valence-electron chi connectivity index (χ3n) is 3.01. The highest BCUT2D eigenvalue weighted by Gasteiger charge is 2.09. The van der Waals surface area contributed by atoms with Crippen molar-refractivity contribution < 1.29 is 8.42 Å². The Balaban J connectivity index is 0.00000200. The molecule has 2 aromatic carbocycles. The van der Waals surface area contributed by atoms with Gasteiger partial charge >= 0.3 is 0 Å². The van der Waals surface area contributed by atoms with Crippen molar-refractivity contribution in [3.63, 3.8) is 0 Å². The van der Waals surface area contributed by atoms with Crippen molar-refractivity contribution in [2.75, 3.05) is 6.26 Å². The second kappa shape index (κ2) is 6.39. The molecule has 1 atom stereocenters. The molecule has 3 nitrogen and oxygen atoms in total. The molecular formula is C15H18ClNO2S. The molecule has 0 unspecified atom stereocenters. The quantitative estimate of drug-likeness (QED) is 0.947. The number of benzene rings is 2. The van der Waals surface area contributed by atoms with Crippen LogP contribution in [-0.2, 0) is 9.84 Å². The molecule has 0 bridgehead atoms. The first-order chi connectivity index (χ1) is 8.88. The number of hydrogen-bond acceptors (Lipinski definition) is 3. The summed E-state index contributed by atoms with van der Waals surface area (Å²) in [6.45, 7) is 1.92. The molecule has 20 heavy (non-hydrogen) atoms. The van der Waals surface area contributed by atoms with E-state index >= 15 is 0 Å². The van der Waals surface area contributed by atoms with E-state index in [9.17, 15) is 8.42 Å². The van der Waals surface area contributed by atoms with E-state index in [1.807, 2.05) is 37.3 Å². The minimum absolute atomic E-state index is 0. The zero-order valence-electron chi connectivity index (χ0n) is 11.4. The van der Waals surface area contributed by atoms with Gasteiger partial charge in [0, 0.05) is 12.3 Å². The van der Waals surface area contributed by atoms with Crippen LogP contribution in [-0.4, -0.2) is 14.7 Å². The number of rotatable bonds is 3. The molecule has 0 heterocycles. The maximum atomic E-state index is 11.6. The average molecular weight is 312 g/mol. The fourth-order valence-electron chi connectivity index (χ4n) is 1.91. The topological polar surface area (TPSA) is 60.2 Å². The van der Waals surface area contributed by atoms with Crippen LogP contribution in [0.4, 0.5) is 0 Å². The van der Waals surface area contributed by atoms with E-state index < -0.39 is 9.84 Å². The normalized spacial score (nSPS) is 12.6. The van der Waals surface area contributed by atoms with Crippen molar-refractivity contribution in [3.8, 4) is 11.1 Å². The van der Waals surface area contributed by atoms with Gasteiger partial charge in [0.2, 0.25) is 0 Å². The number of sulfone groups is 1. The number of nitrogens with two attached hydrogens (primary N) is 1. The average Bonchev–Trinajstić information content (AvgIpc) is 2.38. The van der Waals surface area contributed by atoms with Crippen molar-refractivity contribution >= 4 is 22.2 Å². The van der Waals surface area contributed by atoms with Crippen LogP contribution in [0.5, 0.6) is 0 Å². The van der Waals surface area contributed by atoms with Crippen molar-refractivity contribution in [1.82, 2.24) is 0 Å². The van der Waals surface area contributed by atoms with Crippen LogP contribution >= 0.6 is 12.4 Å². The molecule has 0 fully saturated rings. The Hall–Kier alpha value is -1.36. The van der Waals surface area contributed by atoms with E-state index in [2.05, 4.69) is 0 Å². The molecule has 2 rings (SSSR count). The zero-order chi connectivity index (χ0) is 14.0. The minimum atomic E-state index is -3.18. The van der Waals surface area contributed by atoms with E-state index in [1.54, 1.807) is 18.2 Å². The number of halogens is 1. The van der Waals surface area contributed by atoms with E-state index in [4.69, 9.17) is 5.73 Å². The van der Waals surface area contributed by atoms with Crippen molar-refractivity contribution in [3.05, 3.63) is 54.1 Å². The van der Waals surface area contributed by atoms with Gasteiger partial charge < -0.3 is 5.73 Å². The molecule has 0 saturated carbocycles. The second-order valence-electron chi connectivity index (χ2n) is 4.71. The molecule has 0 spiro atoms. The lowest BCUT2D eigenvalue weighted by molar-refractivity contribution is 0.602. The summed E-state index contributed by atoms with van der Waals surface area (Å²) in [5, 5.41) is 0. The van der Waals surface area contributed by atoms with Gasteiger partial charge in [0.15, 0.2) is 9.84 Å². The van der Waals surface area contributed by atoms with Gasteiger partial charge in [-0.15, -0.1) is 12.4 Å². The standard InChI is InChI=1S/C15H17NO2S.ClH/c1-11(16)12-5-3-6-13(9-12)14-7-4-8-15(10-14)19(2,17)18;/h3-11H,16H2,1-2H3;1H/t11-;/m1./s1. The molecule has 5 heteroatoms. The van der Waals surface area contributed by atoms with Gasteiger partial charge in [0.25, 0.3) is 0 Å². The summed E-state index contributed by atoms with van der Waals surface area (Å²) in [6, 6.07) is 14.7. The second-order valence-corrected chi connectivity index (χ2v) is 6.73. The first-order valence-corrected chi connectivity index (χ1v) is 7.93. The maximum Gasteiger partial charge on any atom is 0.175 e. The van der Waals surface area contributed by atoms with E-state index in [0.29, 0.717) is 4.90 Å². The monoisotopic (exact) mass is 311 g/mol. The van der Waals surface area contributed by atoms with E-state index in [-0.39, 0.29) is 18.4 Å². The van der Waals surface area contributed by atoms with Gasteiger partial charge in [-0.25, -0.2) is 8.42 Å². The molecule has 0 saturated heterocycles. The summed E-state index contributed by atoms with van der Waals surface area (Å²) in [5.41, 5.74) is 8.75. The molecule has 0 aliphatic heterocycles. The summed E-state index contributed by atoms with van der Waals surface area (Å²) in [5.74, 6) is 0. The number of hydrogen-bond donors (Lipinski definition) is 1. The highest BCUT2D eigenvalue weighted by atomic mass is 35.5. The van der Waals surface area contributed by atoms with Crippen LogP contribution in [0.1, 0.15) is 18.5 Å². The van der Waals surface area contributed by atoms with Crippen LogP contribution in [0.25, 0.3) is 11.1 Å². The Bertz CT molecular complexity index is 697. The molecule has 2 aromatic rings. The zero-order valence-corrected chi connectivity index (χ0v) is 13.0. The van der Waals surface area contributed by atoms with Gasteiger partial charge in [-0.1, -0.05) is 30.3 Å². The Kier molecular flexibility index (Phi) is 5.34. The van der Waals surface area contributed by atoms with Gasteiger partial charge in [0.05, 0.1) is 4.90 Å². The SMILES string of the molecule is C[C@@H](N)c1cccc(-c2cccc(S(C)(=O)=O)c2)c1.Cl. The summed E-state index contributed by atoms with van der Waals surface area (Å²) in [6.07, 6.45) is 1.21. The molecular weight excluding hydrogens is 294 g/mol. The Labute approximate surface area is 126 Å². The molecule has 108 valence electrons. The third-order valence-corrected chi connectivity index (χ3v) is 4.12. The molecule has 0 radical (unpaired) electrons. The Morgan fingerprint density at radius 2 is 1.55 bits per heavy atom. The van der Waals surface area contributed by atoms with Gasteiger partial charge in [-0.3, -0.25) is 0 Å². The maximum absolute atomic E-state index is 11.6. The van der Waals surface area contributed by atoms with Crippen molar-refractivity contribution in [1.29, 1.82) is 0 Å². The summed E-state index contributed by atoms with van der Waals surface area (Å²) >= 11 is 0. The lowest BCUT2D eigenvalue weighted by Gasteiger charge is -2.09. The molecule has 0 aliphatic carbocycles. The minimum Gasteiger partial charge on any atom is -0.324 e. The fraction of sp³-hybridized carbons (Fsp3) is 0.200. The Morgan fingerprint density at radius 1 is 1.00 bits per heavy atom.